The number of likely N-dealkylation sites (N-methyl/N-ethyl adjacent to an activating group) is 1. The van der Waals surface area contributed by atoms with Crippen LogP contribution in [0.2, 0.25) is 0 Å². The number of carboxylic acids is 1. The molecule has 0 aromatic heterocycles. The average Bonchev–Trinajstić information content (AvgIpc) is 2.21. The maximum atomic E-state index is 11.3. The minimum Gasteiger partial charge on any atom is -0.480 e. The molecule has 108 valence electrons. The van der Waals surface area contributed by atoms with Crippen molar-refractivity contribution in [3.8, 4) is 0 Å². The van der Waals surface area contributed by atoms with E-state index in [-0.39, 0.29) is 5.41 Å². The molecule has 0 saturated heterocycles. The van der Waals surface area contributed by atoms with Gasteiger partial charge in [-0.05, 0) is 45.3 Å². The van der Waals surface area contributed by atoms with Gasteiger partial charge in [-0.15, -0.1) is 0 Å². The summed E-state index contributed by atoms with van der Waals surface area (Å²) in [5, 5.41) is 12.3. The lowest BCUT2D eigenvalue weighted by molar-refractivity contribution is -0.145. The largest absolute Gasteiger partial charge is 0.480 e. The number of carbonyl (C=O) groups is 1. The molecule has 0 radical (unpaired) electrons. The molecule has 1 unspecified atom stereocenters. The molecule has 0 aliphatic heterocycles. The lowest BCUT2D eigenvalue weighted by Crippen LogP contribution is -2.50. The average molecular weight is 258 g/mol. The first-order valence-electron chi connectivity index (χ1n) is 6.78. The van der Waals surface area contributed by atoms with Crippen LogP contribution in [-0.4, -0.2) is 48.7 Å². The van der Waals surface area contributed by atoms with Gasteiger partial charge in [-0.3, -0.25) is 4.79 Å². The quantitative estimate of drug-likeness (QED) is 0.701. The Balaban J connectivity index is 4.20. The van der Waals surface area contributed by atoms with Crippen LogP contribution in [-0.2, 0) is 4.79 Å². The molecule has 0 amide bonds. The molecule has 4 nitrogen and oxygen atoms in total. The summed E-state index contributed by atoms with van der Waals surface area (Å²) in [5.74, 6) is -0.744. The number of hydrogen-bond donors (Lipinski definition) is 2. The highest BCUT2D eigenvalue weighted by Crippen LogP contribution is 2.19. The lowest BCUT2D eigenvalue weighted by Gasteiger charge is -2.30. The monoisotopic (exact) mass is 258 g/mol. The van der Waals surface area contributed by atoms with E-state index in [1.54, 1.807) is 7.05 Å². The lowest BCUT2D eigenvalue weighted by atomic mass is 9.90. The summed E-state index contributed by atoms with van der Waals surface area (Å²) in [5.41, 5.74) is -0.477. The second-order valence-corrected chi connectivity index (χ2v) is 6.39. The summed E-state index contributed by atoms with van der Waals surface area (Å²) in [7, 11) is 3.83. The van der Waals surface area contributed by atoms with Gasteiger partial charge in [0.2, 0.25) is 0 Å². The summed E-state index contributed by atoms with van der Waals surface area (Å²) in [4.78, 5) is 13.6. The Labute approximate surface area is 112 Å². The first kappa shape index (κ1) is 17.4. The van der Waals surface area contributed by atoms with Crippen LogP contribution in [0.1, 0.15) is 47.0 Å². The predicted molar refractivity (Wildman–Crippen MR) is 75.9 cm³/mol. The normalized spacial score (nSPS) is 15.7. The van der Waals surface area contributed by atoms with Crippen LogP contribution >= 0.6 is 0 Å². The second-order valence-electron chi connectivity index (χ2n) is 6.39. The summed E-state index contributed by atoms with van der Waals surface area (Å²) >= 11 is 0. The fourth-order valence-electron chi connectivity index (χ4n) is 2.38. The molecule has 4 heteroatoms. The molecule has 0 fully saturated rings. The third-order valence-electron chi connectivity index (χ3n) is 3.38. The smallest absolute Gasteiger partial charge is 0.323 e. The molecule has 0 aromatic rings. The molecule has 0 bridgehead atoms. The van der Waals surface area contributed by atoms with Gasteiger partial charge in [0.25, 0.3) is 0 Å². The Kier molecular flexibility index (Phi) is 6.86. The Bertz CT molecular complexity index is 255. The molecule has 0 saturated carbocycles. The molecule has 2 N–H and O–H groups in total. The predicted octanol–water partition coefficient (Wildman–Crippen LogP) is 2.20. The van der Waals surface area contributed by atoms with E-state index in [0.29, 0.717) is 12.8 Å². The zero-order chi connectivity index (χ0) is 14.4. The van der Waals surface area contributed by atoms with Crippen molar-refractivity contribution in [3.63, 3.8) is 0 Å². The number of hydrogen-bond acceptors (Lipinski definition) is 3. The van der Waals surface area contributed by atoms with E-state index in [9.17, 15) is 9.90 Å². The maximum Gasteiger partial charge on any atom is 0.323 e. The van der Waals surface area contributed by atoms with Crippen LogP contribution in [0, 0.1) is 5.41 Å². The van der Waals surface area contributed by atoms with Crippen molar-refractivity contribution in [2.75, 3.05) is 27.2 Å². The van der Waals surface area contributed by atoms with Gasteiger partial charge in [-0.1, -0.05) is 27.7 Å². The minimum atomic E-state index is -0.761. The Morgan fingerprint density at radius 3 is 2.22 bits per heavy atom. The van der Waals surface area contributed by atoms with Crippen LogP contribution in [0.15, 0.2) is 0 Å². The number of nitrogens with zero attached hydrogens (tertiary/aromatic N) is 1. The first-order valence-corrected chi connectivity index (χ1v) is 6.78. The van der Waals surface area contributed by atoms with Crippen molar-refractivity contribution in [2.45, 2.75) is 52.5 Å². The van der Waals surface area contributed by atoms with Crippen molar-refractivity contribution in [3.05, 3.63) is 0 Å². The highest BCUT2D eigenvalue weighted by Gasteiger charge is 2.34. The van der Waals surface area contributed by atoms with Crippen LogP contribution < -0.4 is 5.32 Å². The summed E-state index contributed by atoms with van der Waals surface area (Å²) in [6.45, 7) is 10.5. The van der Waals surface area contributed by atoms with Crippen LogP contribution in [0.4, 0.5) is 0 Å². The molecular formula is C14H30N2O2. The topological polar surface area (TPSA) is 52.6 Å². The summed E-state index contributed by atoms with van der Waals surface area (Å²) in [6.07, 6.45) is 2.18. The van der Waals surface area contributed by atoms with E-state index in [1.807, 2.05) is 6.92 Å². The Morgan fingerprint density at radius 1 is 1.33 bits per heavy atom. The zero-order valence-electron chi connectivity index (χ0n) is 12.8. The third kappa shape index (κ3) is 5.83. The SMILES string of the molecule is CCC(CCCN(C)CC(C)(C)C)(NC)C(=O)O. The third-order valence-corrected chi connectivity index (χ3v) is 3.38. The van der Waals surface area contributed by atoms with Crippen molar-refractivity contribution in [1.82, 2.24) is 10.2 Å². The van der Waals surface area contributed by atoms with E-state index >= 15 is 0 Å². The second kappa shape index (κ2) is 7.10. The molecule has 0 aliphatic rings. The van der Waals surface area contributed by atoms with Gasteiger partial charge >= 0.3 is 5.97 Å². The fraction of sp³-hybridized carbons (Fsp3) is 0.929. The highest BCUT2D eigenvalue weighted by atomic mass is 16.4. The molecule has 0 aromatic carbocycles. The van der Waals surface area contributed by atoms with Gasteiger partial charge in [0, 0.05) is 6.54 Å². The molecule has 0 heterocycles. The van der Waals surface area contributed by atoms with Gasteiger partial charge in [0.05, 0.1) is 0 Å². The molecule has 0 rings (SSSR count). The number of carboxylic acid groups (broad SMARTS) is 1. The highest BCUT2D eigenvalue weighted by molar-refractivity contribution is 5.78. The summed E-state index contributed by atoms with van der Waals surface area (Å²) in [6, 6.07) is 0. The van der Waals surface area contributed by atoms with E-state index in [0.717, 1.165) is 19.5 Å². The molecule has 0 spiro atoms. The fourth-order valence-corrected chi connectivity index (χ4v) is 2.38. The standard InChI is InChI=1S/C14H30N2O2/c1-7-14(15-5,12(17)18)9-8-10-16(6)11-13(2,3)4/h15H,7-11H2,1-6H3,(H,17,18). The Hall–Kier alpha value is -0.610. The van der Waals surface area contributed by atoms with Crippen LogP contribution in [0.25, 0.3) is 0 Å². The van der Waals surface area contributed by atoms with Crippen LogP contribution in [0.5, 0.6) is 0 Å². The van der Waals surface area contributed by atoms with Gasteiger partial charge < -0.3 is 15.3 Å². The van der Waals surface area contributed by atoms with Crippen LogP contribution in [0.3, 0.4) is 0 Å². The molecular weight excluding hydrogens is 228 g/mol. The maximum absolute atomic E-state index is 11.3. The van der Waals surface area contributed by atoms with Gasteiger partial charge in [-0.25, -0.2) is 0 Å². The first-order chi connectivity index (χ1) is 8.17. The number of aliphatic carboxylic acids is 1. The molecule has 0 aliphatic carbocycles. The van der Waals surface area contributed by atoms with E-state index < -0.39 is 11.5 Å². The van der Waals surface area contributed by atoms with Crippen molar-refractivity contribution < 1.29 is 9.90 Å². The van der Waals surface area contributed by atoms with Gasteiger partial charge in [0.15, 0.2) is 0 Å². The van der Waals surface area contributed by atoms with Crippen molar-refractivity contribution in [2.24, 2.45) is 5.41 Å². The number of nitrogens with one attached hydrogen (secondary N) is 1. The zero-order valence-corrected chi connectivity index (χ0v) is 12.8. The Morgan fingerprint density at radius 2 is 1.89 bits per heavy atom. The van der Waals surface area contributed by atoms with Gasteiger partial charge in [-0.2, -0.15) is 0 Å². The minimum absolute atomic E-state index is 0.284. The molecule has 18 heavy (non-hydrogen) atoms. The number of rotatable bonds is 8. The van der Waals surface area contributed by atoms with E-state index in [2.05, 4.69) is 38.0 Å². The van der Waals surface area contributed by atoms with E-state index in [4.69, 9.17) is 0 Å². The van der Waals surface area contributed by atoms with E-state index in [1.165, 1.54) is 0 Å². The van der Waals surface area contributed by atoms with Crippen molar-refractivity contribution >= 4 is 5.97 Å². The summed E-state index contributed by atoms with van der Waals surface area (Å²) < 4.78 is 0. The van der Waals surface area contributed by atoms with Gasteiger partial charge in [0.1, 0.15) is 5.54 Å². The molecule has 1 atom stereocenters. The van der Waals surface area contributed by atoms with Crippen molar-refractivity contribution in [1.29, 1.82) is 0 Å².